The zero-order valence-electron chi connectivity index (χ0n) is 9.81. The summed E-state index contributed by atoms with van der Waals surface area (Å²) in [4.78, 5) is -0.00220. The van der Waals surface area contributed by atoms with Crippen LogP contribution in [0.2, 0.25) is 0 Å². The lowest BCUT2D eigenvalue weighted by molar-refractivity contribution is 0.593. The molecule has 19 heavy (non-hydrogen) atoms. The first-order valence-electron chi connectivity index (χ1n) is 5.41. The van der Waals surface area contributed by atoms with Gasteiger partial charge >= 0.3 is 0 Å². The highest BCUT2D eigenvalue weighted by atomic mass is 32.2. The van der Waals surface area contributed by atoms with Crippen molar-refractivity contribution in [1.82, 2.24) is 0 Å². The van der Waals surface area contributed by atoms with Gasteiger partial charge in [0.15, 0.2) is 9.84 Å². The third-order valence-electron chi connectivity index (χ3n) is 2.63. The lowest BCUT2D eigenvalue weighted by Gasteiger charge is -2.07. The van der Waals surface area contributed by atoms with Crippen LogP contribution in [0.3, 0.4) is 0 Å². The molecule has 0 aliphatic carbocycles. The predicted octanol–water partition coefficient (Wildman–Crippen LogP) is 2.52. The van der Waals surface area contributed by atoms with Gasteiger partial charge in [0.25, 0.3) is 0 Å². The number of nitrogens with two attached hydrogens (primary N) is 1. The smallest absolute Gasteiger partial charge is 0.182 e. The van der Waals surface area contributed by atoms with Gasteiger partial charge in [0, 0.05) is 5.69 Å². The molecule has 3 nitrogen and oxygen atoms in total. The van der Waals surface area contributed by atoms with E-state index >= 15 is 0 Å². The van der Waals surface area contributed by atoms with Gasteiger partial charge in [-0.25, -0.2) is 17.2 Å². The monoisotopic (exact) mass is 283 g/mol. The fourth-order valence-electron chi connectivity index (χ4n) is 1.63. The molecule has 0 saturated heterocycles. The number of nitrogen functional groups attached to an aromatic ring is 1. The Balaban J connectivity index is 2.33. The summed E-state index contributed by atoms with van der Waals surface area (Å²) < 4.78 is 49.8. The summed E-state index contributed by atoms with van der Waals surface area (Å²) in [6, 6.07) is 8.05. The Labute approximate surface area is 109 Å². The van der Waals surface area contributed by atoms with E-state index in [1.165, 1.54) is 18.2 Å². The molecule has 6 heteroatoms. The molecule has 0 radical (unpaired) electrons. The van der Waals surface area contributed by atoms with Gasteiger partial charge in [0.1, 0.15) is 11.6 Å². The highest BCUT2D eigenvalue weighted by Gasteiger charge is 2.17. The van der Waals surface area contributed by atoms with Crippen molar-refractivity contribution in [3.8, 4) is 0 Å². The normalized spacial score (nSPS) is 11.5. The number of halogens is 2. The van der Waals surface area contributed by atoms with E-state index in [0.29, 0.717) is 5.56 Å². The molecule has 0 atom stereocenters. The number of sulfone groups is 1. The predicted molar refractivity (Wildman–Crippen MR) is 68.1 cm³/mol. The molecule has 0 saturated carbocycles. The quantitative estimate of drug-likeness (QED) is 0.695. The van der Waals surface area contributed by atoms with Crippen molar-refractivity contribution in [1.29, 1.82) is 0 Å². The molecule has 100 valence electrons. The summed E-state index contributed by atoms with van der Waals surface area (Å²) in [6.07, 6.45) is 0. The Hall–Kier alpha value is -1.95. The van der Waals surface area contributed by atoms with Crippen molar-refractivity contribution < 1.29 is 17.2 Å². The van der Waals surface area contributed by atoms with Gasteiger partial charge in [-0.2, -0.15) is 0 Å². The fraction of sp³-hybridized carbons (Fsp3) is 0.0769. The van der Waals surface area contributed by atoms with Crippen molar-refractivity contribution in [2.24, 2.45) is 0 Å². The second kappa shape index (κ2) is 4.97. The maximum absolute atomic E-state index is 12.9. The maximum Gasteiger partial charge on any atom is 0.182 e. The molecular weight excluding hydrogens is 272 g/mol. The number of hydrogen-bond donors (Lipinski definition) is 1. The molecule has 0 aromatic heterocycles. The van der Waals surface area contributed by atoms with Gasteiger partial charge in [0.05, 0.1) is 10.6 Å². The Bertz CT molecular complexity index is 697. The van der Waals surface area contributed by atoms with Crippen LogP contribution in [-0.2, 0) is 15.6 Å². The minimum atomic E-state index is -3.63. The zero-order valence-corrected chi connectivity index (χ0v) is 10.6. The van der Waals surface area contributed by atoms with Crippen molar-refractivity contribution in [2.75, 3.05) is 5.73 Å². The maximum atomic E-state index is 12.9. The minimum Gasteiger partial charge on any atom is -0.398 e. The van der Waals surface area contributed by atoms with Gasteiger partial charge in [-0.05, 0) is 42.0 Å². The van der Waals surface area contributed by atoms with Crippen molar-refractivity contribution in [2.45, 2.75) is 10.6 Å². The van der Waals surface area contributed by atoms with Crippen LogP contribution in [0.4, 0.5) is 14.5 Å². The van der Waals surface area contributed by atoms with E-state index in [9.17, 15) is 17.2 Å². The summed E-state index contributed by atoms with van der Waals surface area (Å²) in [5, 5.41) is 0. The van der Waals surface area contributed by atoms with E-state index in [1.807, 2.05) is 0 Å². The van der Waals surface area contributed by atoms with Gasteiger partial charge < -0.3 is 5.73 Å². The lowest BCUT2D eigenvalue weighted by Crippen LogP contribution is -2.07. The Morgan fingerprint density at radius 3 is 2.11 bits per heavy atom. The van der Waals surface area contributed by atoms with Crippen LogP contribution < -0.4 is 5.73 Å². The summed E-state index contributed by atoms with van der Waals surface area (Å²) in [6.45, 7) is 0. The van der Waals surface area contributed by atoms with Crippen molar-refractivity contribution in [3.05, 3.63) is 59.7 Å². The highest BCUT2D eigenvalue weighted by Crippen LogP contribution is 2.21. The fourth-order valence-corrected chi connectivity index (χ4v) is 3.02. The zero-order chi connectivity index (χ0) is 14.0. The van der Waals surface area contributed by atoms with E-state index < -0.39 is 21.5 Å². The van der Waals surface area contributed by atoms with E-state index in [-0.39, 0.29) is 16.3 Å². The number of benzene rings is 2. The van der Waals surface area contributed by atoms with Crippen molar-refractivity contribution in [3.63, 3.8) is 0 Å². The SMILES string of the molecule is Nc1cc(F)ccc1CS(=O)(=O)c1ccc(F)cc1. The largest absolute Gasteiger partial charge is 0.398 e. The van der Waals surface area contributed by atoms with Crippen molar-refractivity contribution >= 4 is 15.5 Å². The molecule has 0 amide bonds. The van der Waals surface area contributed by atoms with E-state index in [0.717, 1.165) is 24.3 Å². The highest BCUT2D eigenvalue weighted by molar-refractivity contribution is 7.90. The molecular formula is C13H11F2NO2S. The van der Waals surface area contributed by atoms with Crippen LogP contribution in [-0.4, -0.2) is 8.42 Å². The molecule has 0 aliphatic heterocycles. The molecule has 0 unspecified atom stereocenters. The topological polar surface area (TPSA) is 60.2 Å². The molecule has 0 aliphatic rings. The van der Waals surface area contributed by atoms with Crippen LogP contribution in [0.15, 0.2) is 47.4 Å². The van der Waals surface area contributed by atoms with E-state index in [1.54, 1.807) is 0 Å². The Morgan fingerprint density at radius 1 is 0.947 bits per heavy atom. The second-order valence-electron chi connectivity index (χ2n) is 4.06. The van der Waals surface area contributed by atoms with Crippen LogP contribution >= 0.6 is 0 Å². The first-order valence-corrected chi connectivity index (χ1v) is 7.06. The summed E-state index contributed by atoms with van der Waals surface area (Å²) in [5.74, 6) is -1.40. The van der Waals surface area contributed by atoms with Gasteiger partial charge in [-0.1, -0.05) is 6.07 Å². The molecule has 0 bridgehead atoms. The first kappa shape index (κ1) is 13.5. The van der Waals surface area contributed by atoms with Crippen LogP contribution in [0.25, 0.3) is 0 Å². The Morgan fingerprint density at radius 2 is 1.53 bits per heavy atom. The summed E-state index contributed by atoms with van der Waals surface area (Å²) in [7, 11) is -3.63. The molecule has 0 heterocycles. The summed E-state index contributed by atoms with van der Waals surface area (Å²) >= 11 is 0. The standard InChI is InChI=1S/C13H11F2NO2S/c14-10-3-5-12(6-4-10)19(17,18)8-9-1-2-11(15)7-13(9)16/h1-7H,8,16H2. The van der Waals surface area contributed by atoms with Crippen LogP contribution in [0.5, 0.6) is 0 Å². The third kappa shape index (κ3) is 3.08. The average Bonchev–Trinajstić information content (AvgIpc) is 2.33. The molecule has 2 aromatic carbocycles. The Kier molecular flexibility index (Phi) is 3.53. The van der Waals surface area contributed by atoms with Crippen LogP contribution in [0, 0.1) is 11.6 Å². The third-order valence-corrected chi connectivity index (χ3v) is 4.31. The second-order valence-corrected chi connectivity index (χ2v) is 6.05. The van der Waals surface area contributed by atoms with Gasteiger partial charge in [-0.3, -0.25) is 0 Å². The number of anilines is 1. The molecule has 2 aromatic rings. The first-order chi connectivity index (χ1) is 8.88. The number of hydrogen-bond acceptors (Lipinski definition) is 3. The average molecular weight is 283 g/mol. The van der Waals surface area contributed by atoms with E-state index in [4.69, 9.17) is 5.73 Å². The molecule has 2 N–H and O–H groups in total. The van der Waals surface area contributed by atoms with Gasteiger partial charge in [0.2, 0.25) is 0 Å². The minimum absolute atomic E-state index is 0.00220. The molecule has 0 fully saturated rings. The number of rotatable bonds is 3. The summed E-state index contributed by atoms with van der Waals surface area (Å²) in [5.41, 5.74) is 5.95. The van der Waals surface area contributed by atoms with E-state index in [2.05, 4.69) is 0 Å². The molecule has 2 rings (SSSR count). The molecule has 0 spiro atoms. The lowest BCUT2D eigenvalue weighted by atomic mass is 10.2. The van der Waals surface area contributed by atoms with Gasteiger partial charge in [-0.15, -0.1) is 0 Å². The van der Waals surface area contributed by atoms with Crippen LogP contribution in [0.1, 0.15) is 5.56 Å².